The van der Waals surface area contributed by atoms with E-state index in [1.807, 2.05) is 30.3 Å². The van der Waals surface area contributed by atoms with Crippen molar-refractivity contribution in [2.24, 2.45) is 0 Å². The highest BCUT2D eigenvalue weighted by atomic mass is 16.2. The number of carbonyl (C=O) groups is 2. The molecule has 3 amide bonds. The summed E-state index contributed by atoms with van der Waals surface area (Å²) in [5, 5.41) is 5.86. The van der Waals surface area contributed by atoms with Gasteiger partial charge < -0.3 is 20.4 Å². The van der Waals surface area contributed by atoms with E-state index >= 15 is 0 Å². The summed E-state index contributed by atoms with van der Waals surface area (Å²) in [6.45, 7) is 4.62. The summed E-state index contributed by atoms with van der Waals surface area (Å²) in [6, 6.07) is 9.30. The van der Waals surface area contributed by atoms with Crippen LogP contribution in [-0.4, -0.2) is 55.6 Å². The Balaban J connectivity index is 1.34. The fourth-order valence-electron chi connectivity index (χ4n) is 3.76. The molecule has 0 aromatic heterocycles. The number of anilines is 1. The van der Waals surface area contributed by atoms with Crippen molar-refractivity contribution in [3.05, 3.63) is 30.3 Å². The topological polar surface area (TPSA) is 64.7 Å². The van der Waals surface area contributed by atoms with Crippen molar-refractivity contribution in [1.82, 2.24) is 15.5 Å². The van der Waals surface area contributed by atoms with Crippen LogP contribution in [0, 0.1) is 0 Å². The molecule has 2 N–H and O–H groups in total. The Hall–Kier alpha value is -2.08. The Labute approximate surface area is 155 Å². The van der Waals surface area contributed by atoms with E-state index in [1.165, 1.54) is 38.8 Å². The molecule has 0 bridgehead atoms. The maximum Gasteiger partial charge on any atom is 0.315 e. The van der Waals surface area contributed by atoms with Crippen LogP contribution >= 0.6 is 0 Å². The van der Waals surface area contributed by atoms with Crippen LogP contribution in [-0.2, 0) is 4.79 Å². The summed E-state index contributed by atoms with van der Waals surface area (Å²) < 4.78 is 0. The third-order valence-corrected chi connectivity index (χ3v) is 5.16. The zero-order valence-corrected chi connectivity index (χ0v) is 15.5. The molecule has 6 nitrogen and oxygen atoms in total. The van der Waals surface area contributed by atoms with Gasteiger partial charge in [0.25, 0.3) is 0 Å². The Morgan fingerprint density at radius 1 is 1.08 bits per heavy atom. The number of para-hydroxylation sites is 1. The quantitative estimate of drug-likeness (QED) is 0.767. The number of rotatable bonds is 6. The Morgan fingerprint density at radius 3 is 2.54 bits per heavy atom. The lowest BCUT2D eigenvalue weighted by Crippen LogP contribution is -2.44. The van der Waals surface area contributed by atoms with E-state index in [-0.39, 0.29) is 18.0 Å². The molecule has 2 fully saturated rings. The van der Waals surface area contributed by atoms with Crippen LogP contribution < -0.4 is 15.5 Å². The van der Waals surface area contributed by atoms with Crippen LogP contribution in [0.4, 0.5) is 10.5 Å². The highest BCUT2D eigenvalue weighted by molar-refractivity contribution is 5.96. The zero-order valence-electron chi connectivity index (χ0n) is 15.5. The average Bonchev–Trinajstić information content (AvgIpc) is 2.84. The monoisotopic (exact) mass is 358 g/mol. The van der Waals surface area contributed by atoms with Gasteiger partial charge in [-0.1, -0.05) is 31.0 Å². The summed E-state index contributed by atoms with van der Waals surface area (Å²) in [5.41, 5.74) is 0.889. The molecule has 2 saturated heterocycles. The molecule has 6 heteroatoms. The van der Waals surface area contributed by atoms with E-state index in [4.69, 9.17) is 0 Å². The molecule has 1 aromatic rings. The number of carbonyl (C=O) groups excluding carboxylic acids is 2. The van der Waals surface area contributed by atoms with Crippen molar-refractivity contribution in [3.8, 4) is 0 Å². The number of hydrogen-bond acceptors (Lipinski definition) is 3. The molecule has 1 aromatic carbocycles. The van der Waals surface area contributed by atoms with Crippen molar-refractivity contribution in [2.75, 3.05) is 37.6 Å². The molecule has 2 heterocycles. The van der Waals surface area contributed by atoms with Gasteiger partial charge in [0.2, 0.25) is 5.91 Å². The first-order valence-corrected chi connectivity index (χ1v) is 9.84. The predicted octanol–water partition coefficient (Wildman–Crippen LogP) is 2.36. The van der Waals surface area contributed by atoms with E-state index in [2.05, 4.69) is 15.5 Å². The first kappa shape index (κ1) is 18.7. The first-order valence-electron chi connectivity index (χ1n) is 9.84. The minimum Gasteiger partial charge on any atom is -0.338 e. The molecule has 3 rings (SSSR count). The lowest BCUT2D eigenvalue weighted by atomic mass is 10.2. The summed E-state index contributed by atoms with van der Waals surface area (Å²) >= 11 is 0. The third-order valence-electron chi connectivity index (χ3n) is 5.16. The van der Waals surface area contributed by atoms with Gasteiger partial charge in [-0.25, -0.2) is 4.79 Å². The molecule has 0 spiro atoms. The Kier molecular flexibility index (Phi) is 6.89. The molecule has 0 aliphatic carbocycles. The fourth-order valence-corrected chi connectivity index (χ4v) is 3.76. The highest BCUT2D eigenvalue weighted by Gasteiger charge is 2.31. The lowest BCUT2D eigenvalue weighted by Gasteiger charge is -2.20. The van der Waals surface area contributed by atoms with Crippen molar-refractivity contribution in [3.63, 3.8) is 0 Å². The summed E-state index contributed by atoms with van der Waals surface area (Å²) in [7, 11) is 0. The number of nitrogens with one attached hydrogen (secondary N) is 2. The van der Waals surface area contributed by atoms with Crippen molar-refractivity contribution >= 4 is 17.6 Å². The van der Waals surface area contributed by atoms with Crippen LogP contribution in [0.15, 0.2) is 30.3 Å². The van der Waals surface area contributed by atoms with Crippen LogP contribution in [0.25, 0.3) is 0 Å². The standard InChI is InChI=1S/C20H30N4O2/c25-19-15-17(16-24(19)18-9-4-3-5-10-18)22-20(26)21-11-8-14-23-12-6-1-2-7-13-23/h3-5,9-10,17H,1-2,6-8,11-16H2,(H2,21,22,26)/t17-/m1/s1. The van der Waals surface area contributed by atoms with Crippen molar-refractivity contribution < 1.29 is 9.59 Å². The van der Waals surface area contributed by atoms with Gasteiger partial charge in [0, 0.05) is 25.2 Å². The number of hydrogen-bond donors (Lipinski definition) is 2. The van der Waals surface area contributed by atoms with E-state index in [0.29, 0.717) is 19.5 Å². The molecule has 142 valence electrons. The van der Waals surface area contributed by atoms with Crippen LogP contribution in [0.1, 0.15) is 38.5 Å². The first-order chi connectivity index (χ1) is 12.7. The molecular formula is C20H30N4O2. The van der Waals surface area contributed by atoms with E-state index in [9.17, 15) is 9.59 Å². The van der Waals surface area contributed by atoms with Gasteiger partial charge in [-0.3, -0.25) is 4.79 Å². The van der Waals surface area contributed by atoms with E-state index in [1.54, 1.807) is 4.90 Å². The maximum atomic E-state index is 12.2. The second-order valence-corrected chi connectivity index (χ2v) is 7.25. The maximum absolute atomic E-state index is 12.2. The van der Waals surface area contributed by atoms with Crippen LogP contribution in [0.2, 0.25) is 0 Å². The van der Waals surface area contributed by atoms with Crippen molar-refractivity contribution in [2.45, 2.75) is 44.6 Å². The van der Waals surface area contributed by atoms with Gasteiger partial charge in [-0.2, -0.15) is 0 Å². The van der Waals surface area contributed by atoms with Crippen LogP contribution in [0.5, 0.6) is 0 Å². The second-order valence-electron chi connectivity index (χ2n) is 7.25. The molecule has 0 unspecified atom stereocenters. The normalized spacial score (nSPS) is 21.5. The summed E-state index contributed by atoms with van der Waals surface area (Å²) in [6.07, 6.45) is 6.60. The SMILES string of the molecule is O=C(NCCCN1CCCCCC1)N[C@@H]1CC(=O)N(c2ccccc2)C1. The minimum atomic E-state index is -0.173. The summed E-state index contributed by atoms with van der Waals surface area (Å²) in [4.78, 5) is 28.5. The highest BCUT2D eigenvalue weighted by Crippen LogP contribution is 2.20. The van der Waals surface area contributed by atoms with Gasteiger partial charge in [-0.15, -0.1) is 0 Å². The minimum absolute atomic E-state index is 0.0580. The van der Waals surface area contributed by atoms with Crippen molar-refractivity contribution in [1.29, 1.82) is 0 Å². The smallest absolute Gasteiger partial charge is 0.315 e. The Bertz CT molecular complexity index is 585. The lowest BCUT2D eigenvalue weighted by molar-refractivity contribution is -0.117. The number of urea groups is 1. The van der Waals surface area contributed by atoms with E-state index < -0.39 is 0 Å². The molecule has 2 aliphatic heterocycles. The third kappa shape index (κ3) is 5.46. The van der Waals surface area contributed by atoms with Gasteiger partial charge in [0.15, 0.2) is 0 Å². The predicted molar refractivity (Wildman–Crippen MR) is 103 cm³/mol. The molecular weight excluding hydrogens is 328 g/mol. The van der Waals surface area contributed by atoms with Crippen LogP contribution in [0.3, 0.4) is 0 Å². The number of benzene rings is 1. The van der Waals surface area contributed by atoms with Gasteiger partial charge in [-0.05, 0) is 51.0 Å². The molecule has 1 atom stereocenters. The largest absolute Gasteiger partial charge is 0.338 e. The Morgan fingerprint density at radius 2 is 1.81 bits per heavy atom. The zero-order chi connectivity index (χ0) is 18.2. The fraction of sp³-hybridized carbons (Fsp3) is 0.600. The van der Waals surface area contributed by atoms with Gasteiger partial charge in [0.05, 0.1) is 6.04 Å². The van der Waals surface area contributed by atoms with E-state index in [0.717, 1.165) is 18.7 Å². The molecule has 2 aliphatic rings. The number of nitrogens with zero attached hydrogens (tertiary/aromatic N) is 2. The molecule has 26 heavy (non-hydrogen) atoms. The van der Waals surface area contributed by atoms with Gasteiger partial charge >= 0.3 is 6.03 Å². The molecule has 0 saturated carbocycles. The number of amides is 3. The molecule has 0 radical (unpaired) electrons. The number of likely N-dealkylation sites (tertiary alicyclic amines) is 1. The average molecular weight is 358 g/mol. The summed E-state index contributed by atoms with van der Waals surface area (Å²) in [5.74, 6) is 0.0580. The van der Waals surface area contributed by atoms with Gasteiger partial charge in [0.1, 0.15) is 0 Å². The second kappa shape index (κ2) is 9.57.